The number of hydrogen-bond acceptors (Lipinski definition) is 4. The number of likely N-dealkylation sites (N-methyl/N-ethyl adjacent to an activating group) is 1. The molecule has 0 bridgehead atoms. The highest BCUT2D eigenvalue weighted by molar-refractivity contribution is 5.72. The van der Waals surface area contributed by atoms with Crippen LogP contribution < -0.4 is 5.32 Å². The lowest BCUT2D eigenvalue weighted by Gasteiger charge is -2.29. The molecule has 1 aromatic rings. The Bertz CT molecular complexity index is 424. The average molecular weight is 270 g/mol. The molecular formula is C13H19FN2O3. The fourth-order valence-electron chi connectivity index (χ4n) is 1.57. The van der Waals surface area contributed by atoms with Gasteiger partial charge in [0.05, 0.1) is 0 Å². The number of rotatable bonds is 6. The zero-order chi connectivity index (χ0) is 14.6. The van der Waals surface area contributed by atoms with E-state index in [1.807, 2.05) is 0 Å². The van der Waals surface area contributed by atoms with Crippen LogP contribution in [0.3, 0.4) is 0 Å². The topological polar surface area (TPSA) is 72.8 Å². The highest BCUT2D eigenvalue weighted by Gasteiger charge is 2.23. The number of benzene rings is 1. The van der Waals surface area contributed by atoms with Crippen molar-refractivity contribution in [2.75, 3.05) is 7.05 Å². The highest BCUT2D eigenvalue weighted by Crippen LogP contribution is 2.14. The molecule has 0 radical (unpaired) electrons. The Labute approximate surface area is 111 Å². The summed E-state index contributed by atoms with van der Waals surface area (Å²) in [5.74, 6) is -1.34. The van der Waals surface area contributed by atoms with Crippen LogP contribution in [0.25, 0.3) is 0 Å². The summed E-state index contributed by atoms with van der Waals surface area (Å²) in [6, 6.07) is 4.84. The predicted octanol–water partition coefficient (Wildman–Crippen LogP) is 1.16. The van der Waals surface area contributed by atoms with Crippen molar-refractivity contribution in [2.24, 2.45) is 0 Å². The molecule has 19 heavy (non-hydrogen) atoms. The van der Waals surface area contributed by atoms with Gasteiger partial charge in [0, 0.05) is 6.04 Å². The lowest BCUT2D eigenvalue weighted by molar-refractivity contribution is -0.147. The van der Waals surface area contributed by atoms with Crippen LogP contribution in [0.2, 0.25) is 0 Å². The lowest BCUT2D eigenvalue weighted by Crippen LogP contribution is -2.50. The summed E-state index contributed by atoms with van der Waals surface area (Å²) in [5, 5.41) is 21.6. The second-order valence-electron chi connectivity index (χ2n) is 4.49. The summed E-state index contributed by atoms with van der Waals surface area (Å²) in [6.45, 7) is 3.28. The van der Waals surface area contributed by atoms with Gasteiger partial charge in [0.1, 0.15) is 11.9 Å². The first-order valence-corrected chi connectivity index (χ1v) is 5.97. The third-order valence-corrected chi connectivity index (χ3v) is 3.12. The van der Waals surface area contributed by atoms with Crippen LogP contribution in [0.1, 0.15) is 25.5 Å². The SMILES string of the molecule is CC(NC(O)N(C)C(C)C(=O)O)c1ccc(F)cc1. The van der Waals surface area contributed by atoms with Crippen molar-refractivity contribution in [3.8, 4) is 0 Å². The molecule has 3 unspecified atom stereocenters. The first kappa shape index (κ1) is 15.6. The molecule has 106 valence electrons. The maximum atomic E-state index is 12.8. The van der Waals surface area contributed by atoms with Crippen molar-refractivity contribution < 1.29 is 19.4 Å². The lowest BCUT2D eigenvalue weighted by atomic mass is 10.1. The largest absolute Gasteiger partial charge is 0.480 e. The number of halogens is 1. The fraction of sp³-hybridized carbons (Fsp3) is 0.462. The molecule has 0 aliphatic rings. The number of carboxylic acids is 1. The predicted molar refractivity (Wildman–Crippen MR) is 68.8 cm³/mol. The highest BCUT2D eigenvalue weighted by atomic mass is 19.1. The molecule has 0 saturated carbocycles. The van der Waals surface area contributed by atoms with E-state index in [0.717, 1.165) is 5.56 Å². The maximum Gasteiger partial charge on any atom is 0.320 e. The number of carbonyl (C=O) groups is 1. The molecule has 0 aliphatic heterocycles. The Kier molecular flexibility index (Phi) is 5.41. The Balaban J connectivity index is 2.63. The first-order chi connectivity index (χ1) is 8.82. The Morgan fingerprint density at radius 2 is 1.84 bits per heavy atom. The summed E-state index contributed by atoms with van der Waals surface area (Å²) in [7, 11) is 1.51. The normalized spacial score (nSPS) is 16.1. The van der Waals surface area contributed by atoms with Gasteiger partial charge in [-0.2, -0.15) is 0 Å². The molecule has 5 nitrogen and oxygen atoms in total. The second kappa shape index (κ2) is 6.60. The van der Waals surface area contributed by atoms with E-state index in [-0.39, 0.29) is 11.9 Å². The Morgan fingerprint density at radius 1 is 1.32 bits per heavy atom. The van der Waals surface area contributed by atoms with Crippen molar-refractivity contribution >= 4 is 5.97 Å². The van der Waals surface area contributed by atoms with Gasteiger partial charge >= 0.3 is 5.97 Å². The van der Waals surface area contributed by atoms with E-state index >= 15 is 0 Å². The summed E-state index contributed by atoms with van der Waals surface area (Å²) >= 11 is 0. The number of nitrogens with one attached hydrogen (secondary N) is 1. The zero-order valence-electron chi connectivity index (χ0n) is 11.2. The molecule has 0 saturated heterocycles. The van der Waals surface area contributed by atoms with E-state index in [0.29, 0.717) is 0 Å². The van der Waals surface area contributed by atoms with Crippen molar-refractivity contribution in [1.29, 1.82) is 0 Å². The molecule has 0 aliphatic carbocycles. The van der Waals surface area contributed by atoms with Gasteiger partial charge in [-0.15, -0.1) is 0 Å². The van der Waals surface area contributed by atoms with E-state index in [2.05, 4.69) is 5.32 Å². The minimum absolute atomic E-state index is 0.237. The Morgan fingerprint density at radius 3 is 2.32 bits per heavy atom. The van der Waals surface area contributed by atoms with Gasteiger partial charge in [-0.05, 0) is 38.6 Å². The fourth-order valence-corrected chi connectivity index (χ4v) is 1.57. The summed E-state index contributed by atoms with van der Waals surface area (Å²) < 4.78 is 12.8. The van der Waals surface area contributed by atoms with Crippen LogP contribution in [0.15, 0.2) is 24.3 Å². The molecule has 3 N–H and O–H groups in total. The monoisotopic (exact) mass is 270 g/mol. The van der Waals surface area contributed by atoms with Gasteiger partial charge in [-0.1, -0.05) is 12.1 Å². The van der Waals surface area contributed by atoms with Crippen molar-refractivity contribution in [2.45, 2.75) is 32.3 Å². The van der Waals surface area contributed by atoms with Crippen LogP contribution >= 0.6 is 0 Å². The van der Waals surface area contributed by atoms with Crippen LogP contribution in [0.4, 0.5) is 4.39 Å². The van der Waals surface area contributed by atoms with Gasteiger partial charge in [0.2, 0.25) is 0 Å². The van der Waals surface area contributed by atoms with Crippen molar-refractivity contribution in [1.82, 2.24) is 10.2 Å². The van der Waals surface area contributed by atoms with E-state index < -0.39 is 18.4 Å². The molecule has 3 atom stereocenters. The standard InChI is InChI=1S/C13H19FN2O3/c1-8(10-4-6-11(14)7-5-10)15-13(19)16(3)9(2)12(17)18/h4-9,13,15,19H,1-3H3,(H,17,18). The van der Waals surface area contributed by atoms with E-state index in [1.54, 1.807) is 19.1 Å². The van der Waals surface area contributed by atoms with Gasteiger partial charge in [0.15, 0.2) is 6.35 Å². The Hall–Kier alpha value is -1.50. The van der Waals surface area contributed by atoms with Gasteiger partial charge in [0.25, 0.3) is 0 Å². The maximum absolute atomic E-state index is 12.8. The molecule has 1 rings (SSSR count). The summed E-state index contributed by atoms with van der Waals surface area (Å²) in [4.78, 5) is 12.1. The second-order valence-corrected chi connectivity index (χ2v) is 4.49. The average Bonchev–Trinajstić information content (AvgIpc) is 2.37. The summed E-state index contributed by atoms with van der Waals surface area (Å²) in [5.41, 5.74) is 0.803. The van der Waals surface area contributed by atoms with E-state index in [1.165, 1.54) is 31.0 Å². The molecule has 6 heteroatoms. The smallest absolute Gasteiger partial charge is 0.320 e. The molecule has 0 amide bonds. The number of aliphatic carboxylic acids is 1. The van der Waals surface area contributed by atoms with Gasteiger partial charge < -0.3 is 10.2 Å². The van der Waals surface area contributed by atoms with E-state index in [4.69, 9.17) is 5.11 Å². The number of nitrogens with zero attached hydrogens (tertiary/aromatic N) is 1. The number of carboxylic acid groups (broad SMARTS) is 1. The molecule has 0 fully saturated rings. The number of aliphatic hydroxyl groups excluding tert-OH is 1. The van der Waals surface area contributed by atoms with Crippen molar-refractivity contribution in [3.63, 3.8) is 0 Å². The molecule has 0 aromatic heterocycles. The zero-order valence-corrected chi connectivity index (χ0v) is 11.2. The third kappa shape index (κ3) is 4.27. The minimum Gasteiger partial charge on any atom is -0.480 e. The number of hydrogen-bond donors (Lipinski definition) is 3. The molecule has 1 aromatic carbocycles. The van der Waals surface area contributed by atoms with Crippen LogP contribution in [0.5, 0.6) is 0 Å². The molecule has 0 spiro atoms. The van der Waals surface area contributed by atoms with Gasteiger partial charge in [-0.25, -0.2) is 4.39 Å². The van der Waals surface area contributed by atoms with Crippen LogP contribution in [-0.2, 0) is 4.79 Å². The van der Waals surface area contributed by atoms with Crippen LogP contribution in [0, 0.1) is 5.82 Å². The molecule has 0 heterocycles. The summed E-state index contributed by atoms with van der Waals surface area (Å²) in [6.07, 6.45) is -1.11. The molecular weight excluding hydrogens is 251 g/mol. The van der Waals surface area contributed by atoms with Crippen LogP contribution in [-0.4, -0.2) is 40.5 Å². The van der Waals surface area contributed by atoms with Crippen molar-refractivity contribution in [3.05, 3.63) is 35.6 Å². The first-order valence-electron chi connectivity index (χ1n) is 5.97. The number of aliphatic hydroxyl groups is 1. The third-order valence-electron chi connectivity index (χ3n) is 3.12. The van der Waals surface area contributed by atoms with E-state index in [9.17, 15) is 14.3 Å². The minimum atomic E-state index is -1.11. The van der Waals surface area contributed by atoms with Gasteiger partial charge in [-0.3, -0.25) is 15.0 Å². The quantitative estimate of drug-likeness (QED) is 0.676.